The maximum atomic E-state index is 12.1. The van der Waals surface area contributed by atoms with Crippen molar-refractivity contribution in [3.63, 3.8) is 0 Å². The van der Waals surface area contributed by atoms with Crippen molar-refractivity contribution in [3.05, 3.63) is 70.0 Å². The molecule has 26 heavy (non-hydrogen) atoms. The molecule has 4 nitrogen and oxygen atoms in total. The second-order valence-corrected chi connectivity index (χ2v) is 7.14. The van der Waals surface area contributed by atoms with Gasteiger partial charge < -0.3 is 4.74 Å². The Morgan fingerprint density at radius 1 is 1.19 bits per heavy atom. The molecule has 132 valence electrons. The van der Waals surface area contributed by atoms with Crippen molar-refractivity contribution in [1.29, 1.82) is 0 Å². The molecule has 0 spiro atoms. The van der Waals surface area contributed by atoms with Gasteiger partial charge in [-0.1, -0.05) is 40.2 Å². The Morgan fingerprint density at radius 2 is 1.92 bits per heavy atom. The van der Waals surface area contributed by atoms with Crippen molar-refractivity contribution < 1.29 is 9.53 Å². The Kier molecular flexibility index (Phi) is 6.20. The summed E-state index contributed by atoms with van der Waals surface area (Å²) in [6, 6.07) is 15.5. The van der Waals surface area contributed by atoms with Crippen LogP contribution in [0.25, 0.3) is 17.3 Å². The Labute approximate surface area is 164 Å². The summed E-state index contributed by atoms with van der Waals surface area (Å²) in [5.41, 5.74) is 2.78. The average molecular weight is 429 g/mol. The van der Waals surface area contributed by atoms with Crippen LogP contribution in [0.5, 0.6) is 5.75 Å². The summed E-state index contributed by atoms with van der Waals surface area (Å²) in [6.45, 7) is 2.58. The van der Waals surface area contributed by atoms with E-state index in [2.05, 4.69) is 26.2 Å². The molecule has 2 aromatic carbocycles. The fourth-order valence-electron chi connectivity index (χ4n) is 2.25. The number of anilines is 1. The minimum absolute atomic E-state index is 0.212. The van der Waals surface area contributed by atoms with Gasteiger partial charge in [0, 0.05) is 21.5 Å². The van der Waals surface area contributed by atoms with Gasteiger partial charge in [0.15, 0.2) is 5.13 Å². The standard InChI is InChI=1S/C20H17BrN2O2S/c1-2-25-17-10-3-14(4-11-17)5-12-19(24)23-20-22-18(13-26-20)15-6-8-16(21)9-7-15/h3-13H,2H2,1H3,(H,22,23,24). The maximum absolute atomic E-state index is 12.1. The number of nitrogens with zero attached hydrogens (tertiary/aromatic N) is 1. The van der Waals surface area contributed by atoms with Crippen LogP contribution in [0.15, 0.2) is 64.5 Å². The predicted molar refractivity (Wildman–Crippen MR) is 111 cm³/mol. The van der Waals surface area contributed by atoms with E-state index in [0.717, 1.165) is 27.0 Å². The van der Waals surface area contributed by atoms with Crippen molar-refractivity contribution in [3.8, 4) is 17.0 Å². The summed E-state index contributed by atoms with van der Waals surface area (Å²) < 4.78 is 6.42. The Balaban J connectivity index is 1.60. The Bertz CT molecular complexity index is 902. The third-order valence-corrected chi connectivity index (χ3v) is 4.78. The van der Waals surface area contributed by atoms with Crippen molar-refractivity contribution in [2.24, 2.45) is 0 Å². The molecule has 1 heterocycles. The van der Waals surface area contributed by atoms with Crippen LogP contribution in [0.4, 0.5) is 5.13 Å². The highest BCUT2D eigenvalue weighted by Gasteiger charge is 2.06. The summed E-state index contributed by atoms with van der Waals surface area (Å²) in [6.07, 6.45) is 3.25. The van der Waals surface area contributed by atoms with Crippen LogP contribution in [0.3, 0.4) is 0 Å². The van der Waals surface area contributed by atoms with Crippen molar-refractivity contribution in [1.82, 2.24) is 4.98 Å². The molecule has 0 saturated heterocycles. The topological polar surface area (TPSA) is 51.2 Å². The number of hydrogen-bond acceptors (Lipinski definition) is 4. The summed E-state index contributed by atoms with van der Waals surface area (Å²) in [4.78, 5) is 16.5. The number of hydrogen-bond donors (Lipinski definition) is 1. The lowest BCUT2D eigenvalue weighted by Gasteiger charge is -2.02. The first-order valence-electron chi connectivity index (χ1n) is 8.07. The molecule has 0 aliphatic rings. The van der Waals surface area contributed by atoms with Crippen LogP contribution in [0.2, 0.25) is 0 Å². The number of halogens is 1. The van der Waals surface area contributed by atoms with E-state index >= 15 is 0 Å². The first-order chi connectivity index (χ1) is 12.6. The third kappa shape index (κ3) is 5.03. The number of rotatable bonds is 6. The minimum atomic E-state index is -0.212. The number of amides is 1. The average Bonchev–Trinajstić information content (AvgIpc) is 3.10. The molecule has 0 atom stereocenters. The van der Waals surface area contributed by atoms with E-state index in [4.69, 9.17) is 4.74 Å². The van der Waals surface area contributed by atoms with Crippen molar-refractivity contribution in [2.75, 3.05) is 11.9 Å². The van der Waals surface area contributed by atoms with E-state index in [9.17, 15) is 4.79 Å². The molecule has 0 bridgehead atoms. The number of thiazole rings is 1. The van der Waals surface area contributed by atoms with Crippen LogP contribution < -0.4 is 10.1 Å². The smallest absolute Gasteiger partial charge is 0.250 e. The minimum Gasteiger partial charge on any atom is -0.494 e. The van der Waals surface area contributed by atoms with Gasteiger partial charge in [0.25, 0.3) is 0 Å². The van der Waals surface area contributed by atoms with Gasteiger partial charge in [0.1, 0.15) is 5.75 Å². The molecule has 1 aromatic heterocycles. The molecule has 0 fully saturated rings. The van der Waals surface area contributed by atoms with E-state index in [0.29, 0.717) is 11.7 Å². The molecular formula is C20H17BrN2O2S. The molecule has 0 aliphatic heterocycles. The zero-order valence-electron chi connectivity index (χ0n) is 14.1. The monoisotopic (exact) mass is 428 g/mol. The third-order valence-electron chi connectivity index (χ3n) is 3.49. The first kappa shape index (κ1) is 18.4. The number of aromatic nitrogens is 1. The SMILES string of the molecule is CCOc1ccc(C=CC(=O)Nc2nc(-c3ccc(Br)cc3)cs2)cc1. The van der Waals surface area contributed by atoms with Crippen LogP contribution in [-0.2, 0) is 4.79 Å². The molecule has 1 N–H and O–H groups in total. The Hall–Kier alpha value is -2.44. The fraction of sp³-hybridized carbons (Fsp3) is 0.100. The highest BCUT2D eigenvalue weighted by molar-refractivity contribution is 9.10. The van der Waals surface area contributed by atoms with Crippen LogP contribution >= 0.6 is 27.3 Å². The molecule has 0 unspecified atom stereocenters. The number of nitrogens with one attached hydrogen (secondary N) is 1. The second kappa shape index (κ2) is 8.78. The summed E-state index contributed by atoms with van der Waals surface area (Å²) >= 11 is 4.82. The largest absolute Gasteiger partial charge is 0.494 e. The molecule has 0 aliphatic carbocycles. The molecule has 6 heteroatoms. The lowest BCUT2D eigenvalue weighted by molar-refractivity contribution is -0.111. The quantitative estimate of drug-likeness (QED) is 0.518. The zero-order chi connectivity index (χ0) is 18.4. The molecular weight excluding hydrogens is 412 g/mol. The molecule has 1 amide bonds. The van der Waals surface area contributed by atoms with E-state index in [1.54, 1.807) is 6.08 Å². The Morgan fingerprint density at radius 3 is 2.62 bits per heavy atom. The van der Waals surface area contributed by atoms with Gasteiger partial charge in [-0.25, -0.2) is 4.98 Å². The molecule has 0 saturated carbocycles. The predicted octanol–water partition coefficient (Wildman–Crippen LogP) is 5.62. The highest BCUT2D eigenvalue weighted by atomic mass is 79.9. The zero-order valence-corrected chi connectivity index (χ0v) is 16.5. The van der Waals surface area contributed by atoms with Crippen molar-refractivity contribution >= 4 is 44.4 Å². The van der Waals surface area contributed by atoms with E-state index in [1.165, 1.54) is 17.4 Å². The van der Waals surface area contributed by atoms with Gasteiger partial charge in [-0.2, -0.15) is 0 Å². The van der Waals surface area contributed by atoms with Crippen LogP contribution in [0, 0.1) is 0 Å². The van der Waals surface area contributed by atoms with Crippen molar-refractivity contribution in [2.45, 2.75) is 6.92 Å². The normalized spacial score (nSPS) is 10.8. The molecule has 0 radical (unpaired) electrons. The second-order valence-electron chi connectivity index (χ2n) is 5.37. The van der Waals surface area contributed by atoms with Crippen LogP contribution in [0.1, 0.15) is 12.5 Å². The van der Waals surface area contributed by atoms with E-state index in [1.807, 2.05) is 60.8 Å². The summed E-state index contributed by atoms with van der Waals surface area (Å²) in [5.74, 6) is 0.605. The lowest BCUT2D eigenvalue weighted by atomic mass is 10.2. The molecule has 3 aromatic rings. The van der Waals surface area contributed by atoms with Gasteiger partial charge in [-0.3, -0.25) is 10.1 Å². The number of ether oxygens (including phenoxy) is 1. The first-order valence-corrected chi connectivity index (χ1v) is 9.74. The van der Waals surface area contributed by atoms with Gasteiger partial charge in [-0.05, 0) is 42.8 Å². The maximum Gasteiger partial charge on any atom is 0.250 e. The van der Waals surface area contributed by atoms with E-state index < -0.39 is 0 Å². The van der Waals surface area contributed by atoms with Crippen LogP contribution in [-0.4, -0.2) is 17.5 Å². The fourth-order valence-corrected chi connectivity index (χ4v) is 3.23. The van der Waals surface area contributed by atoms with E-state index in [-0.39, 0.29) is 5.91 Å². The van der Waals surface area contributed by atoms with Gasteiger partial charge in [0.05, 0.1) is 12.3 Å². The molecule has 3 rings (SSSR count). The van der Waals surface area contributed by atoms with Gasteiger partial charge in [0.2, 0.25) is 5.91 Å². The van der Waals surface area contributed by atoms with Gasteiger partial charge >= 0.3 is 0 Å². The summed E-state index contributed by atoms with van der Waals surface area (Å²) in [5, 5.41) is 5.29. The summed E-state index contributed by atoms with van der Waals surface area (Å²) in [7, 11) is 0. The number of benzene rings is 2. The lowest BCUT2D eigenvalue weighted by Crippen LogP contribution is -2.07. The van der Waals surface area contributed by atoms with Gasteiger partial charge in [-0.15, -0.1) is 11.3 Å². The number of carbonyl (C=O) groups excluding carboxylic acids is 1. The number of carbonyl (C=O) groups is 1. The highest BCUT2D eigenvalue weighted by Crippen LogP contribution is 2.26.